The number of hydrogen-bond acceptors (Lipinski definition) is 4. The first-order chi connectivity index (χ1) is 10.2. The zero-order valence-corrected chi connectivity index (χ0v) is 12.2. The van der Waals surface area contributed by atoms with E-state index in [0.29, 0.717) is 19.6 Å². The van der Waals surface area contributed by atoms with Gasteiger partial charge in [-0.15, -0.1) is 0 Å². The molecule has 0 aliphatic carbocycles. The molecule has 21 heavy (non-hydrogen) atoms. The number of carbonyl (C=O) groups excluding carboxylic acids is 3. The van der Waals surface area contributed by atoms with Gasteiger partial charge in [0.2, 0.25) is 5.91 Å². The Hall–Kier alpha value is -1.63. The minimum Gasteiger partial charge on any atom is -0.341 e. The maximum Gasteiger partial charge on any atom is 0.312 e. The maximum atomic E-state index is 12.3. The predicted octanol–water partition coefficient (Wildman–Crippen LogP) is -1.36. The highest BCUT2D eigenvalue weighted by molar-refractivity contribution is 6.35. The Labute approximate surface area is 124 Å². The van der Waals surface area contributed by atoms with E-state index in [1.165, 1.54) is 4.90 Å². The molecule has 0 aromatic heterocycles. The van der Waals surface area contributed by atoms with Gasteiger partial charge in [0.05, 0.1) is 6.04 Å². The van der Waals surface area contributed by atoms with Crippen molar-refractivity contribution in [3.05, 3.63) is 0 Å². The molecule has 3 saturated heterocycles. The van der Waals surface area contributed by atoms with E-state index in [-0.39, 0.29) is 18.5 Å². The highest BCUT2D eigenvalue weighted by Gasteiger charge is 2.40. The van der Waals surface area contributed by atoms with Gasteiger partial charge in [0, 0.05) is 39.3 Å². The Morgan fingerprint density at radius 2 is 1.86 bits per heavy atom. The summed E-state index contributed by atoms with van der Waals surface area (Å²) in [6.45, 7) is 4.02. The van der Waals surface area contributed by atoms with Crippen molar-refractivity contribution < 1.29 is 14.4 Å². The van der Waals surface area contributed by atoms with Crippen LogP contribution in [0.5, 0.6) is 0 Å². The summed E-state index contributed by atoms with van der Waals surface area (Å²) in [7, 11) is 0. The molecule has 3 aliphatic heterocycles. The number of likely N-dealkylation sites (tertiary alicyclic amines) is 1. The zero-order valence-electron chi connectivity index (χ0n) is 12.2. The van der Waals surface area contributed by atoms with Gasteiger partial charge in [-0.2, -0.15) is 0 Å². The van der Waals surface area contributed by atoms with Crippen molar-refractivity contribution in [1.29, 1.82) is 0 Å². The molecule has 0 aromatic rings. The third-order valence-electron chi connectivity index (χ3n) is 4.55. The Balaban J connectivity index is 1.63. The van der Waals surface area contributed by atoms with Crippen LogP contribution >= 0.6 is 0 Å². The van der Waals surface area contributed by atoms with E-state index in [4.69, 9.17) is 0 Å². The normalized spacial score (nSPS) is 26.9. The molecule has 3 heterocycles. The Bertz CT molecular complexity index is 448. The molecule has 0 radical (unpaired) electrons. The Morgan fingerprint density at radius 3 is 2.62 bits per heavy atom. The van der Waals surface area contributed by atoms with Gasteiger partial charge in [-0.05, 0) is 19.3 Å². The lowest BCUT2D eigenvalue weighted by molar-refractivity contribution is -0.161. The van der Waals surface area contributed by atoms with Crippen LogP contribution in [0.2, 0.25) is 0 Å². The molecule has 1 N–H and O–H groups in total. The van der Waals surface area contributed by atoms with Gasteiger partial charge in [0.1, 0.15) is 6.54 Å². The number of hydrogen-bond donors (Lipinski definition) is 1. The summed E-state index contributed by atoms with van der Waals surface area (Å²) in [4.78, 5) is 41.4. The average molecular weight is 294 g/mol. The molecule has 1 atom stereocenters. The summed E-state index contributed by atoms with van der Waals surface area (Å²) in [5, 5.41) is 3.23. The van der Waals surface area contributed by atoms with Crippen LogP contribution in [-0.4, -0.2) is 84.3 Å². The standard InChI is InChI=1S/C14H22N4O3/c19-12(16-5-2-1-3-6-16)10-17-9-11-8-15-4-7-18(11)14(21)13(17)20/h11,15H,1-10H2. The van der Waals surface area contributed by atoms with Crippen molar-refractivity contribution in [2.45, 2.75) is 25.3 Å². The molecule has 7 nitrogen and oxygen atoms in total. The number of piperidine rings is 1. The molecule has 0 aromatic carbocycles. The average Bonchev–Trinajstić information content (AvgIpc) is 2.53. The molecular weight excluding hydrogens is 272 g/mol. The summed E-state index contributed by atoms with van der Waals surface area (Å²) in [5.41, 5.74) is 0. The van der Waals surface area contributed by atoms with Crippen molar-refractivity contribution in [3.63, 3.8) is 0 Å². The van der Waals surface area contributed by atoms with Crippen molar-refractivity contribution in [2.24, 2.45) is 0 Å². The van der Waals surface area contributed by atoms with Crippen molar-refractivity contribution in [2.75, 3.05) is 45.8 Å². The fourth-order valence-electron chi connectivity index (χ4n) is 3.33. The van der Waals surface area contributed by atoms with E-state index in [1.54, 1.807) is 4.90 Å². The minimum atomic E-state index is -0.529. The van der Waals surface area contributed by atoms with Gasteiger partial charge in [0.15, 0.2) is 0 Å². The number of nitrogens with one attached hydrogen (secondary N) is 1. The second-order valence-corrected chi connectivity index (χ2v) is 5.98. The molecule has 0 spiro atoms. The molecular formula is C14H22N4O3. The number of fused-ring (bicyclic) bond motifs is 1. The third kappa shape index (κ3) is 2.88. The number of amides is 3. The van der Waals surface area contributed by atoms with Crippen molar-refractivity contribution in [3.8, 4) is 0 Å². The SMILES string of the molecule is O=C(CN1CC2CNCCN2C(=O)C1=O)N1CCCCC1. The van der Waals surface area contributed by atoms with Gasteiger partial charge in [0.25, 0.3) is 0 Å². The smallest absolute Gasteiger partial charge is 0.312 e. The molecule has 3 aliphatic rings. The van der Waals surface area contributed by atoms with E-state index >= 15 is 0 Å². The van der Waals surface area contributed by atoms with E-state index in [0.717, 1.165) is 38.9 Å². The van der Waals surface area contributed by atoms with Gasteiger partial charge in [-0.1, -0.05) is 0 Å². The second-order valence-electron chi connectivity index (χ2n) is 5.98. The number of carbonyl (C=O) groups is 3. The maximum absolute atomic E-state index is 12.3. The van der Waals surface area contributed by atoms with E-state index < -0.39 is 11.8 Å². The summed E-state index contributed by atoms with van der Waals surface area (Å²) in [5.74, 6) is -1.02. The quantitative estimate of drug-likeness (QED) is 0.639. The lowest BCUT2D eigenvalue weighted by atomic mass is 10.1. The first-order valence-electron chi connectivity index (χ1n) is 7.75. The van der Waals surface area contributed by atoms with Crippen molar-refractivity contribution in [1.82, 2.24) is 20.0 Å². The molecule has 116 valence electrons. The molecule has 7 heteroatoms. The molecule has 0 saturated carbocycles. The fourth-order valence-corrected chi connectivity index (χ4v) is 3.33. The minimum absolute atomic E-state index is 0.00175. The highest BCUT2D eigenvalue weighted by atomic mass is 16.2. The molecule has 1 unspecified atom stereocenters. The van der Waals surface area contributed by atoms with Crippen LogP contribution in [-0.2, 0) is 14.4 Å². The highest BCUT2D eigenvalue weighted by Crippen LogP contribution is 2.15. The predicted molar refractivity (Wildman–Crippen MR) is 75.4 cm³/mol. The molecule has 0 bridgehead atoms. The fraction of sp³-hybridized carbons (Fsp3) is 0.786. The first kappa shape index (κ1) is 14.3. The van der Waals surface area contributed by atoms with Crippen LogP contribution in [0.1, 0.15) is 19.3 Å². The van der Waals surface area contributed by atoms with Crippen LogP contribution in [0.3, 0.4) is 0 Å². The summed E-state index contributed by atoms with van der Waals surface area (Å²) < 4.78 is 0. The Kier molecular flexibility index (Phi) is 4.10. The Morgan fingerprint density at radius 1 is 1.10 bits per heavy atom. The molecule has 3 fully saturated rings. The lowest BCUT2D eigenvalue weighted by Crippen LogP contribution is -2.66. The number of piperazine rings is 2. The lowest BCUT2D eigenvalue weighted by Gasteiger charge is -2.43. The van der Waals surface area contributed by atoms with Gasteiger partial charge >= 0.3 is 11.8 Å². The van der Waals surface area contributed by atoms with Gasteiger partial charge in [-0.25, -0.2) is 0 Å². The van der Waals surface area contributed by atoms with Crippen LogP contribution < -0.4 is 5.32 Å². The van der Waals surface area contributed by atoms with Crippen LogP contribution in [0.4, 0.5) is 0 Å². The topological polar surface area (TPSA) is 73.0 Å². The van der Waals surface area contributed by atoms with E-state index in [1.807, 2.05) is 4.90 Å². The number of nitrogens with zero attached hydrogens (tertiary/aromatic N) is 3. The van der Waals surface area contributed by atoms with E-state index in [2.05, 4.69) is 5.32 Å². The third-order valence-corrected chi connectivity index (χ3v) is 4.55. The molecule has 3 rings (SSSR count). The first-order valence-corrected chi connectivity index (χ1v) is 7.75. The number of rotatable bonds is 2. The van der Waals surface area contributed by atoms with Crippen LogP contribution in [0.25, 0.3) is 0 Å². The summed E-state index contributed by atoms with van der Waals surface area (Å²) in [6, 6.07) is -0.00175. The summed E-state index contributed by atoms with van der Waals surface area (Å²) >= 11 is 0. The zero-order chi connectivity index (χ0) is 14.8. The largest absolute Gasteiger partial charge is 0.341 e. The van der Waals surface area contributed by atoms with Gasteiger partial charge in [-0.3, -0.25) is 14.4 Å². The van der Waals surface area contributed by atoms with Crippen LogP contribution in [0, 0.1) is 0 Å². The van der Waals surface area contributed by atoms with E-state index in [9.17, 15) is 14.4 Å². The second kappa shape index (κ2) is 6.01. The van der Waals surface area contributed by atoms with Gasteiger partial charge < -0.3 is 20.0 Å². The monoisotopic (exact) mass is 294 g/mol. The van der Waals surface area contributed by atoms with Crippen LogP contribution in [0.15, 0.2) is 0 Å². The molecule has 3 amide bonds. The summed E-state index contributed by atoms with van der Waals surface area (Å²) in [6.07, 6.45) is 3.21. The van der Waals surface area contributed by atoms with Crippen molar-refractivity contribution >= 4 is 17.7 Å².